The molecule has 1 aromatic rings. The largest absolute Gasteiger partial charge is 0.327 e. The van der Waals surface area contributed by atoms with Crippen molar-refractivity contribution in [3.8, 4) is 0 Å². The summed E-state index contributed by atoms with van der Waals surface area (Å²) in [5.41, 5.74) is 11.0. The van der Waals surface area contributed by atoms with Crippen LogP contribution >= 0.6 is 0 Å². The van der Waals surface area contributed by atoms with Crippen LogP contribution in [0, 0.1) is 19.8 Å². The molecule has 0 fully saturated rings. The molecule has 1 heteroatoms. The van der Waals surface area contributed by atoms with Crippen LogP contribution in [0.1, 0.15) is 30.5 Å². The van der Waals surface area contributed by atoms with Gasteiger partial charge in [-0.25, -0.2) is 0 Å². The summed E-state index contributed by atoms with van der Waals surface area (Å²) in [6, 6.07) is 6.40. The van der Waals surface area contributed by atoms with E-state index in [9.17, 15) is 0 Å². The van der Waals surface area contributed by atoms with Crippen LogP contribution in [0.5, 0.6) is 0 Å². The Kier molecular flexibility index (Phi) is 4.10. The highest BCUT2D eigenvalue weighted by atomic mass is 14.5. The highest BCUT2D eigenvalue weighted by molar-refractivity contribution is 5.58. The fourth-order valence-corrected chi connectivity index (χ4v) is 1.59. The molecule has 0 radical (unpaired) electrons. The van der Waals surface area contributed by atoms with Crippen molar-refractivity contribution in [3.63, 3.8) is 0 Å². The maximum atomic E-state index is 5.74. The topological polar surface area (TPSA) is 26.0 Å². The highest BCUT2D eigenvalue weighted by Gasteiger charge is 2.03. The molecule has 0 aliphatic rings. The maximum Gasteiger partial charge on any atom is 0.0142 e. The Labute approximate surface area is 93.0 Å². The fraction of sp³-hybridized carbons (Fsp3) is 0.429. The molecule has 0 aromatic heterocycles. The normalized spacial score (nSPS) is 12.3. The molecule has 0 atom stereocenters. The van der Waals surface area contributed by atoms with E-state index in [1.165, 1.54) is 22.3 Å². The Hall–Kier alpha value is -1.08. The molecule has 15 heavy (non-hydrogen) atoms. The van der Waals surface area contributed by atoms with Crippen molar-refractivity contribution >= 4 is 6.08 Å². The van der Waals surface area contributed by atoms with Gasteiger partial charge in [0, 0.05) is 6.54 Å². The van der Waals surface area contributed by atoms with Gasteiger partial charge in [0.15, 0.2) is 0 Å². The lowest BCUT2D eigenvalue weighted by Gasteiger charge is -2.11. The minimum atomic E-state index is 0.523. The molecule has 1 rings (SSSR count). The summed E-state index contributed by atoms with van der Waals surface area (Å²) in [5.74, 6) is 0.523. The average Bonchev–Trinajstić information content (AvgIpc) is 2.19. The molecular formula is C14H21N. The first-order valence-electron chi connectivity index (χ1n) is 5.53. The quantitative estimate of drug-likeness (QED) is 0.801. The lowest BCUT2D eigenvalue weighted by atomic mass is 9.97. The van der Waals surface area contributed by atoms with Crippen LogP contribution in [0.2, 0.25) is 0 Å². The lowest BCUT2D eigenvalue weighted by Crippen LogP contribution is -2.08. The van der Waals surface area contributed by atoms with Crippen molar-refractivity contribution in [2.75, 3.05) is 6.54 Å². The molecule has 1 aromatic carbocycles. The third kappa shape index (κ3) is 2.93. The van der Waals surface area contributed by atoms with Crippen LogP contribution in [-0.4, -0.2) is 6.54 Å². The molecule has 0 aliphatic carbocycles. The number of hydrogen-bond acceptors (Lipinski definition) is 1. The molecule has 0 spiro atoms. The Morgan fingerprint density at radius 2 is 2.00 bits per heavy atom. The molecule has 0 saturated heterocycles. The smallest absolute Gasteiger partial charge is 0.0142 e. The first-order chi connectivity index (χ1) is 7.06. The van der Waals surface area contributed by atoms with E-state index in [4.69, 9.17) is 5.73 Å². The molecule has 0 saturated carbocycles. The van der Waals surface area contributed by atoms with Gasteiger partial charge >= 0.3 is 0 Å². The van der Waals surface area contributed by atoms with Gasteiger partial charge in [-0.2, -0.15) is 0 Å². The summed E-state index contributed by atoms with van der Waals surface area (Å²) >= 11 is 0. The highest BCUT2D eigenvalue weighted by Crippen LogP contribution is 2.18. The van der Waals surface area contributed by atoms with Crippen molar-refractivity contribution in [2.45, 2.75) is 27.7 Å². The summed E-state index contributed by atoms with van der Waals surface area (Å²) in [5, 5.41) is 0. The number of hydrogen-bond donors (Lipinski definition) is 1. The van der Waals surface area contributed by atoms with Gasteiger partial charge in [0.2, 0.25) is 0 Å². The van der Waals surface area contributed by atoms with Gasteiger partial charge in [-0.1, -0.05) is 43.7 Å². The van der Waals surface area contributed by atoms with E-state index in [1.807, 2.05) is 0 Å². The average molecular weight is 203 g/mol. The van der Waals surface area contributed by atoms with Crippen molar-refractivity contribution in [3.05, 3.63) is 40.5 Å². The van der Waals surface area contributed by atoms with Gasteiger partial charge in [0.05, 0.1) is 0 Å². The third-order valence-corrected chi connectivity index (χ3v) is 2.96. The molecular weight excluding hydrogens is 182 g/mol. The summed E-state index contributed by atoms with van der Waals surface area (Å²) in [6.45, 7) is 9.32. The monoisotopic (exact) mass is 203 g/mol. The molecule has 0 aliphatic heterocycles. The van der Waals surface area contributed by atoms with Crippen LogP contribution in [0.3, 0.4) is 0 Å². The summed E-state index contributed by atoms with van der Waals surface area (Å²) in [4.78, 5) is 0. The van der Waals surface area contributed by atoms with Crippen molar-refractivity contribution in [1.29, 1.82) is 0 Å². The van der Waals surface area contributed by atoms with Gasteiger partial charge in [0.25, 0.3) is 0 Å². The van der Waals surface area contributed by atoms with Gasteiger partial charge in [-0.15, -0.1) is 0 Å². The van der Waals surface area contributed by atoms with Crippen LogP contribution in [0.25, 0.3) is 6.08 Å². The second-order valence-electron chi connectivity index (χ2n) is 4.37. The third-order valence-electron chi connectivity index (χ3n) is 2.96. The Morgan fingerprint density at radius 1 is 1.33 bits per heavy atom. The van der Waals surface area contributed by atoms with E-state index in [0.717, 1.165) is 0 Å². The Balaban J connectivity index is 3.11. The first kappa shape index (κ1) is 12.0. The fourth-order valence-electron chi connectivity index (χ4n) is 1.59. The number of benzene rings is 1. The Bertz CT molecular complexity index is 362. The van der Waals surface area contributed by atoms with Crippen LogP contribution in [0.15, 0.2) is 23.8 Å². The van der Waals surface area contributed by atoms with Crippen molar-refractivity contribution < 1.29 is 0 Å². The number of rotatable bonds is 3. The zero-order chi connectivity index (χ0) is 11.4. The molecule has 82 valence electrons. The minimum Gasteiger partial charge on any atom is -0.327 e. The summed E-state index contributed by atoms with van der Waals surface area (Å²) in [6.07, 6.45) is 2.23. The zero-order valence-electron chi connectivity index (χ0n) is 10.2. The number of aryl methyl sites for hydroxylation is 1. The second-order valence-corrected chi connectivity index (χ2v) is 4.37. The molecule has 0 bridgehead atoms. The van der Waals surface area contributed by atoms with E-state index in [1.54, 1.807) is 0 Å². The van der Waals surface area contributed by atoms with Crippen molar-refractivity contribution in [1.82, 2.24) is 0 Å². The lowest BCUT2D eigenvalue weighted by molar-refractivity contribution is 0.752. The zero-order valence-corrected chi connectivity index (χ0v) is 10.2. The van der Waals surface area contributed by atoms with E-state index in [0.29, 0.717) is 12.5 Å². The van der Waals surface area contributed by atoms with E-state index < -0.39 is 0 Å². The van der Waals surface area contributed by atoms with Gasteiger partial charge < -0.3 is 5.73 Å². The second kappa shape index (κ2) is 5.13. The number of nitrogens with two attached hydrogens (primary N) is 1. The van der Waals surface area contributed by atoms with E-state index in [2.05, 4.69) is 52.0 Å². The Morgan fingerprint density at radius 3 is 2.53 bits per heavy atom. The van der Waals surface area contributed by atoms with E-state index in [-0.39, 0.29) is 0 Å². The molecule has 1 nitrogen and oxygen atoms in total. The van der Waals surface area contributed by atoms with Gasteiger partial charge in [-0.05, 0) is 36.5 Å². The van der Waals surface area contributed by atoms with E-state index >= 15 is 0 Å². The first-order valence-corrected chi connectivity index (χ1v) is 5.53. The predicted molar refractivity (Wildman–Crippen MR) is 67.8 cm³/mol. The summed E-state index contributed by atoms with van der Waals surface area (Å²) in [7, 11) is 0. The predicted octanol–water partition coefficient (Wildman–Crippen LogP) is 3.30. The molecule has 0 unspecified atom stereocenters. The minimum absolute atomic E-state index is 0.523. The summed E-state index contributed by atoms with van der Waals surface area (Å²) < 4.78 is 0. The molecule has 0 heterocycles. The maximum absolute atomic E-state index is 5.74. The van der Waals surface area contributed by atoms with Gasteiger partial charge in [-0.3, -0.25) is 0 Å². The van der Waals surface area contributed by atoms with Crippen LogP contribution in [0.4, 0.5) is 0 Å². The molecule has 2 N–H and O–H groups in total. The molecule has 0 amide bonds. The van der Waals surface area contributed by atoms with Crippen molar-refractivity contribution in [2.24, 2.45) is 11.7 Å². The van der Waals surface area contributed by atoms with Crippen LogP contribution < -0.4 is 5.73 Å². The SMILES string of the molecule is Cc1cccc(C=C(CN)C(C)C)c1C. The van der Waals surface area contributed by atoms with Crippen LogP contribution in [-0.2, 0) is 0 Å². The standard InChI is InChI=1S/C14H21N/c1-10(2)14(9-15)8-13-7-5-6-11(3)12(13)4/h5-8,10H,9,15H2,1-4H3. The van der Waals surface area contributed by atoms with Gasteiger partial charge in [0.1, 0.15) is 0 Å².